The minimum Gasteiger partial charge on any atom is -0.323 e. The van der Waals surface area contributed by atoms with Gasteiger partial charge in [0.2, 0.25) is 0 Å². The number of rotatable bonds is 3. The van der Waals surface area contributed by atoms with Crippen molar-refractivity contribution in [1.29, 1.82) is 0 Å². The summed E-state index contributed by atoms with van der Waals surface area (Å²) < 4.78 is 0. The normalized spacial score (nSPS) is 22.7. The van der Waals surface area contributed by atoms with Gasteiger partial charge in [-0.2, -0.15) is 0 Å². The highest BCUT2D eigenvalue weighted by atomic mass is 16.2. The summed E-state index contributed by atoms with van der Waals surface area (Å²) in [5, 5.41) is 3.13. The maximum Gasteiger partial charge on any atom is 0.320 e. The molecule has 1 N–H and O–H groups in total. The molecule has 2 amide bonds. The van der Waals surface area contributed by atoms with Gasteiger partial charge in [-0.25, -0.2) is 4.79 Å². The minimum atomic E-state index is -0.0697. The molecule has 15 heavy (non-hydrogen) atoms. The fourth-order valence-electron chi connectivity index (χ4n) is 1.91. The molecule has 4 nitrogen and oxygen atoms in total. The van der Waals surface area contributed by atoms with E-state index in [0.29, 0.717) is 6.04 Å². The second kappa shape index (κ2) is 4.39. The number of carbonyl (C=O) groups is 1. The zero-order valence-electron chi connectivity index (χ0n) is 10.5. The molecule has 0 aromatic heterocycles. The lowest BCUT2D eigenvalue weighted by molar-refractivity contribution is 0.159. The first-order valence-corrected chi connectivity index (χ1v) is 5.57. The molecule has 88 valence electrons. The van der Waals surface area contributed by atoms with Gasteiger partial charge in [0.05, 0.1) is 6.04 Å². The van der Waals surface area contributed by atoms with Crippen LogP contribution in [0.5, 0.6) is 0 Å². The Labute approximate surface area is 92.6 Å². The van der Waals surface area contributed by atoms with E-state index in [1.54, 1.807) is 0 Å². The van der Waals surface area contributed by atoms with Gasteiger partial charge < -0.3 is 15.1 Å². The predicted octanol–water partition coefficient (Wildman–Crippen LogP) is 1.13. The molecular formula is C11H23N3O. The summed E-state index contributed by atoms with van der Waals surface area (Å²) in [7, 11) is 3.84. The monoisotopic (exact) mass is 213 g/mol. The molecule has 1 atom stereocenters. The van der Waals surface area contributed by atoms with Crippen molar-refractivity contribution in [3.8, 4) is 0 Å². The standard InChI is InChI=1S/C11H23N3O/c1-11(2,3)14-8-9(6-7-12-4)13(5)10(14)15/h9,12H,6-8H2,1-5H3. The Kier molecular flexibility index (Phi) is 3.60. The summed E-state index contributed by atoms with van der Waals surface area (Å²) in [5.74, 6) is 0. The largest absolute Gasteiger partial charge is 0.323 e. The molecule has 1 rings (SSSR count). The van der Waals surface area contributed by atoms with E-state index in [4.69, 9.17) is 0 Å². The first-order valence-electron chi connectivity index (χ1n) is 5.57. The Balaban J connectivity index is 2.64. The van der Waals surface area contributed by atoms with Crippen molar-refractivity contribution >= 4 is 6.03 Å². The van der Waals surface area contributed by atoms with E-state index in [9.17, 15) is 4.79 Å². The van der Waals surface area contributed by atoms with E-state index in [2.05, 4.69) is 26.1 Å². The Morgan fingerprint density at radius 1 is 1.47 bits per heavy atom. The van der Waals surface area contributed by atoms with Gasteiger partial charge in [-0.1, -0.05) is 0 Å². The molecule has 1 aliphatic heterocycles. The molecule has 1 fully saturated rings. The van der Waals surface area contributed by atoms with E-state index < -0.39 is 0 Å². The Morgan fingerprint density at radius 2 is 2.07 bits per heavy atom. The van der Waals surface area contributed by atoms with Crippen molar-refractivity contribution in [2.45, 2.75) is 38.8 Å². The molecule has 0 saturated carbocycles. The summed E-state index contributed by atoms with van der Waals surface area (Å²) in [4.78, 5) is 15.8. The van der Waals surface area contributed by atoms with E-state index in [1.807, 2.05) is 23.9 Å². The lowest BCUT2D eigenvalue weighted by Crippen LogP contribution is -2.43. The molecule has 4 heteroatoms. The van der Waals surface area contributed by atoms with E-state index in [-0.39, 0.29) is 11.6 Å². The van der Waals surface area contributed by atoms with Crippen LogP contribution in [0, 0.1) is 0 Å². The van der Waals surface area contributed by atoms with Crippen LogP contribution in [0.3, 0.4) is 0 Å². The Hall–Kier alpha value is -0.770. The molecule has 0 aromatic carbocycles. The fourth-order valence-corrected chi connectivity index (χ4v) is 1.91. The van der Waals surface area contributed by atoms with Crippen LogP contribution >= 0.6 is 0 Å². The number of amides is 2. The second-order valence-corrected chi connectivity index (χ2v) is 5.22. The molecule has 1 aliphatic rings. The third-order valence-electron chi connectivity index (χ3n) is 3.01. The van der Waals surface area contributed by atoms with Crippen LogP contribution in [0.1, 0.15) is 27.2 Å². The highest BCUT2D eigenvalue weighted by Gasteiger charge is 2.39. The highest BCUT2D eigenvalue weighted by molar-refractivity contribution is 5.77. The van der Waals surface area contributed by atoms with E-state index in [1.165, 1.54) is 0 Å². The molecule has 1 saturated heterocycles. The summed E-state index contributed by atoms with van der Waals surface area (Å²) in [5.41, 5.74) is -0.0697. The summed E-state index contributed by atoms with van der Waals surface area (Å²) in [6, 6.07) is 0.507. The van der Waals surface area contributed by atoms with E-state index >= 15 is 0 Å². The maximum atomic E-state index is 12.0. The zero-order chi connectivity index (χ0) is 11.6. The van der Waals surface area contributed by atoms with Gasteiger partial charge in [-0.15, -0.1) is 0 Å². The van der Waals surface area contributed by atoms with Crippen LogP contribution in [-0.4, -0.2) is 54.6 Å². The molecule has 1 heterocycles. The van der Waals surface area contributed by atoms with Crippen molar-refractivity contribution in [3.63, 3.8) is 0 Å². The first-order chi connectivity index (χ1) is 6.88. The van der Waals surface area contributed by atoms with Gasteiger partial charge in [0.15, 0.2) is 0 Å². The van der Waals surface area contributed by atoms with Crippen LogP contribution in [-0.2, 0) is 0 Å². The Morgan fingerprint density at radius 3 is 2.47 bits per heavy atom. The van der Waals surface area contributed by atoms with Crippen molar-refractivity contribution in [2.24, 2.45) is 0 Å². The molecule has 0 radical (unpaired) electrons. The van der Waals surface area contributed by atoms with Crippen molar-refractivity contribution in [1.82, 2.24) is 15.1 Å². The number of urea groups is 1. The molecule has 1 unspecified atom stereocenters. The third-order valence-corrected chi connectivity index (χ3v) is 3.01. The van der Waals surface area contributed by atoms with Crippen LogP contribution in [0.4, 0.5) is 4.79 Å². The molecule has 0 spiro atoms. The first kappa shape index (κ1) is 12.3. The highest BCUT2D eigenvalue weighted by Crippen LogP contribution is 2.24. The van der Waals surface area contributed by atoms with Gasteiger partial charge in [0, 0.05) is 19.1 Å². The smallest absolute Gasteiger partial charge is 0.320 e. The second-order valence-electron chi connectivity index (χ2n) is 5.22. The molecule has 0 aliphatic carbocycles. The quantitative estimate of drug-likeness (QED) is 0.763. The lowest BCUT2D eigenvalue weighted by atomic mass is 10.1. The van der Waals surface area contributed by atoms with Gasteiger partial charge in [-0.3, -0.25) is 0 Å². The topological polar surface area (TPSA) is 35.6 Å². The third kappa shape index (κ3) is 2.62. The van der Waals surface area contributed by atoms with Crippen molar-refractivity contribution in [2.75, 3.05) is 27.2 Å². The number of likely N-dealkylation sites (N-methyl/N-ethyl adjacent to an activating group) is 1. The summed E-state index contributed by atoms with van der Waals surface area (Å²) in [6.07, 6.45) is 1.02. The predicted molar refractivity (Wildman–Crippen MR) is 61.9 cm³/mol. The number of hydrogen-bond donors (Lipinski definition) is 1. The van der Waals surface area contributed by atoms with Gasteiger partial charge in [0.25, 0.3) is 0 Å². The number of nitrogens with zero attached hydrogens (tertiary/aromatic N) is 2. The van der Waals surface area contributed by atoms with Gasteiger partial charge in [-0.05, 0) is 40.8 Å². The van der Waals surface area contributed by atoms with Crippen LogP contribution < -0.4 is 5.32 Å². The van der Waals surface area contributed by atoms with Crippen LogP contribution in [0.15, 0.2) is 0 Å². The van der Waals surface area contributed by atoms with Crippen LogP contribution in [0.2, 0.25) is 0 Å². The van der Waals surface area contributed by atoms with Gasteiger partial charge >= 0.3 is 6.03 Å². The molecule has 0 bridgehead atoms. The number of carbonyl (C=O) groups excluding carboxylic acids is 1. The fraction of sp³-hybridized carbons (Fsp3) is 0.909. The SMILES string of the molecule is CNCCC1CN(C(C)(C)C)C(=O)N1C. The molecule has 0 aromatic rings. The minimum absolute atomic E-state index is 0.0697. The maximum absolute atomic E-state index is 12.0. The summed E-state index contributed by atoms with van der Waals surface area (Å²) in [6.45, 7) is 8.05. The van der Waals surface area contributed by atoms with Gasteiger partial charge in [0.1, 0.15) is 0 Å². The summed E-state index contributed by atoms with van der Waals surface area (Å²) >= 11 is 0. The van der Waals surface area contributed by atoms with Crippen molar-refractivity contribution < 1.29 is 4.79 Å². The van der Waals surface area contributed by atoms with E-state index in [0.717, 1.165) is 19.5 Å². The Bertz CT molecular complexity index is 234. The average molecular weight is 213 g/mol. The number of hydrogen-bond acceptors (Lipinski definition) is 2. The average Bonchev–Trinajstić information content (AvgIpc) is 2.41. The lowest BCUT2D eigenvalue weighted by Gasteiger charge is -2.31. The number of nitrogens with one attached hydrogen (secondary N) is 1. The van der Waals surface area contributed by atoms with Crippen molar-refractivity contribution in [3.05, 3.63) is 0 Å². The zero-order valence-corrected chi connectivity index (χ0v) is 10.5. The van der Waals surface area contributed by atoms with Crippen LogP contribution in [0.25, 0.3) is 0 Å². The molecular weight excluding hydrogens is 190 g/mol.